The van der Waals surface area contributed by atoms with Crippen LogP contribution in [0, 0.1) is 11.3 Å². The number of rotatable bonds is 4. The van der Waals surface area contributed by atoms with E-state index in [1.165, 1.54) is 18.5 Å². The molecule has 0 atom stereocenters. The molecule has 0 spiro atoms. The van der Waals surface area contributed by atoms with Gasteiger partial charge < -0.3 is 14.7 Å². The van der Waals surface area contributed by atoms with Crippen molar-refractivity contribution in [1.82, 2.24) is 4.90 Å². The average Bonchev–Trinajstić information content (AvgIpc) is 2.36. The maximum atomic E-state index is 11.6. The molecule has 0 aliphatic heterocycles. The molecule has 0 unspecified atom stereocenters. The van der Waals surface area contributed by atoms with Gasteiger partial charge in [0.15, 0.2) is 0 Å². The van der Waals surface area contributed by atoms with Crippen LogP contribution in [-0.2, 0) is 4.74 Å². The Bertz CT molecular complexity index is 545. The number of ether oxygens (including phenoxy) is 1. The van der Waals surface area contributed by atoms with Crippen LogP contribution in [0.2, 0.25) is 0 Å². The van der Waals surface area contributed by atoms with Gasteiger partial charge in [-0.25, -0.2) is 9.79 Å². The lowest BCUT2D eigenvalue weighted by molar-refractivity contribution is 0.0523. The monoisotopic (exact) mass is 261 g/mol. The number of phenols is 1. The van der Waals surface area contributed by atoms with Crippen LogP contribution < -0.4 is 0 Å². The summed E-state index contributed by atoms with van der Waals surface area (Å²) in [6.45, 7) is 1.86. The van der Waals surface area contributed by atoms with Crippen LogP contribution in [-0.4, -0.2) is 43.0 Å². The van der Waals surface area contributed by atoms with E-state index in [1.54, 1.807) is 25.9 Å². The molecule has 0 saturated heterocycles. The highest BCUT2D eigenvalue weighted by molar-refractivity contribution is 5.94. The van der Waals surface area contributed by atoms with E-state index in [0.29, 0.717) is 5.69 Å². The second-order valence-corrected chi connectivity index (χ2v) is 3.93. The molecular weight excluding hydrogens is 246 g/mol. The summed E-state index contributed by atoms with van der Waals surface area (Å²) in [6.07, 6.45) is 1.50. The van der Waals surface area contributed by atoms with Crippen LogP contribution in [0.3, 0.4) is 0 Å². The fourth-order valence-corrected chi connectivity index (χ4v) is 1.32. The predicted octanol–water partition coefficient (Wildman–Crippen LogP) is 1.66. The third kappa shape index (κ3) is 3.71. The van der Waals surface area contributed by atoms with Crippen molar-refractivity contribution in [2.45, 2.75) is 6.92 Å². The molecule has 0 aliphatic rings. The molecule has 1 rings (SSSR count). The molecule has 0 aromatic heterocycles. The number of hydrogen-bond donors (Lipinski definition) is 1. The summed E-state index contributed by atoms with van der Waals surface area (Å²) >= 11 is 0. The molecule has 0 fully saturated rings. The standard InChI is InChI=1S/C13H15N3O3/c1-4-19-13(18)10-5-9(7-14)11(6-12(10)17)15-8-16(2)3/h5-6,8,17H,4H2,1-3H3/b15-8+. The van der Waals surface area contributed by atoms with E-state index in [4.69, 9.17) is 10.00 Å². The van der Waals surface area contributed by atoms with Crippen molar-refractivity contribution in [2.24, 2.45) is 4.99 Å². The van der Waals surface area contributed by atoms with Crippen molar-refractivity contribution in [3.63, 3.8) is 0 Å². The predicted molar refractivity (Wildman–Crippen MR) is 70.6 cm³/mol. The molecule has 1 aromatic carbocycles. The van der Waals surface area contributed by atoms with Gasteiger partial charge in [-0.3, -0.25) is 0 Å². The summed E-state index contributed by atoms with van der Waals surface area (Å²) in [4.78, 5) is 17.3. The van der Waals surface area contributed by atoms with Gasteiger partial charge in [-0.05, 0) is 13.0 Å². The third-order valence-electron chi connectivity index (χ3n) is 2.16. The number of esters is 1. The van der Waals surface area contributed by atoms with Gasteiger partial charge in [0.1, 0.15) is 17.4 Å². The number of hydrogen-bond acceptors (Lipinski definition) is 5. The summed E-state index contributed by atoms with van der Waals surface area (Å²) in [5, 5.41) is 18.8. The Morgan fingerprint density at radius 2 is 2.26 bits per heavy atom. The van der Waals surface area contributed by atoms with Gasteiger partial charge >= 0.3 is 5.97 Å². The molecule has 6 heteroatoms. The molecule has 0 bridgehead atoms. The van der Waals surface area contributed by atoms with Gasteiger partial charge in [0.05, 0.1) is 24.2 Å². The lowest BCUT2D eigenvalue weighted by Gasteiger charge is -2.07. The van der Waals surface area contributed by atoms with Crippen LogP contribution in [0.15, 0.2) is 17.1 Å². The summed E-state index contributed by atoms with van der Waals surface area (Å²) in [7, 11) is 3.56. The highest BCUT2D eigenvalue weighted by Gasteiger charge is 2.16. The molecule has 0 amide bonds. The Balaban J connectivity index is 3.22. The van der Waals surface area contributed by atoms with Gasteiger partial charge in [-0.2, -0.15) is 5.26 Å². The van der Waals surface area contributed by atoms with E-state index < -0.39 is 5.97 Å². The molecular formula is C13H15N3O3. The highest BCUT2D eigenvalue weighted by atomic mass is 16.5. The topological polar surface area (TPSA) is 85.9 Å². The number of aromatic hydroxyl groups is 1. The smallest absolute Gasteiger partial charge is 0.341 e. The zero-order valence-corrected chi connectivity index (χ0v) is 11.0. The van der Waals surface area contributed by atoms with Gasteiger partial charge in [0.25, 0.3) is 0 Å². The first-order valence-corrected chi connectivity index (χ1v) is 5.64. The molecule has 0 heterocycles. The number of nitrogens with zero attached hydrogens (tertiary/aromatic N) is 3. The first kappa shape index (κ1) is 14.5. The second-order valence-electron chi connectivity index (χ2n) is 3.93. The van der Waals surface area contributed by atoms with Crippen molar-refractivity contribution in [3.8, 4) is 11.8 Å². The van der Waals surface area contributed by atoms with E-state index in [0.717, 1.165) is 0 Å². The van der Waals surface area contributed by atoms with E-state index >= 15 is 0 Å². The first-order chi connectivity index (χ1) is 8.99. The molecule has 0 saturated carbocycles. The molecule has 6 nitrogen and oxygen atoms in total. The quantitative estimate of drug-likeness (QED) is 0.506. The zero-order chi connectivity index (χ0) is 14.4. The summed E-state index contributed by atoms with van der Waals surface area (Å²) in [5.74, 6) is -0.928. The molecule has 19 heavy (non-hydrogen) atoms. The first-order valence-electron chi connectivity index (χ1n) is 5.64. The number of nitriles is 1. The van der Waals surface area contributed by atoms with Crippen molar-refractivity contribution in [1.29, 1.82) is 5.26 Å². The van der Waals surface area contributed by atoms with Gasteiger partial charge in [0, 0.05) is 20.2 Å². The summed E-state index contributed by atoms with van der Waals surface area (Å²) in [6, 6.07) is 4.47. The fourth-order valence-electron chi connectivity index (χ4n) is 1.32. The Hall–Kier alpha value is -2.55. The minimum absolute atomic E-state index is 0.0396. The van der Waals surface area contributed by atoms with Crippen LogP contribution in [0.25, 0.3) is 0 Å². The molecule has 0 aliphatic carbocycles. The van der Waals surface area contributed by atoms with E-state index in [-0.39, 0.29) is 23.5 Å². The lowest BCUT2D eigenvalue weighted by Crippen LogP contribution is -2.07. The van der Waals surface area contributed by atoms with Crippen LogP contribution in [0.1, 0.15) is 22.8 Å². The SMILES string of the molecule is CCOC(=O)c1cc(C#N)c(/N=C/N(C)C)cc1O. The molecule has 1 N–H and O–H groups in total. The van der Waals surface area contributed by atoms with Crippen LogP contribution >= 0.6 is 0 Å². The average molecular weight is 261 g/mol. The Morgan fingerprint density at radius 3 is 2.79 bits per heavy atom. The highest BCUT2D eigenvalue weighted by Crippen LogP contribution is 2.28. The summed E-state index contributed by atoms with van der Waals surface area (Å²) < 4.78 is 4.79. The third-order valence-corrected chi connectivity index (χ3v) is 2.16. The number of carbonyl (C=O) groups excluding carboxylic acids is 1. The Kier molecular flexibility index (Phi) is 4.89. The molecule has 1 aromatic rings. The van der Waals surface area contributed by atoms with Crippen molar-refractivity contribution >= 4 is 18.0 Å². The summed E-state index contributed by atoms with van der Waals surface area (Å²) in [5.41, 5.74) is 0.447. The van der Waals surface area contributed by atoms with Gasteiger partial charge in [-0.1, -0.05) is 0 Å². The molecule has 0 radical (unpaired) electrons. The number of phenolic OH excluding ortho intramolecular Hbond substituents is 1. The van der Waals surface area contributed by atoms with Crippen molar-refractivity contribution < 1.29 is 14.6 Å². The second kappa shape index (κ2) is 6.40. The zero-order valence-electron chi connectivity index (χ0n) is 11.0. The van der Waals surface area contributed by atoms with E-state index in [9.17, 15) is 9.90 Å². The van der Waals surface area contributed by atoms with E-state index in [2.05, 4.69) is 4.99 Å². The number of benzene rings is 1. The van der Waals surface area contributed by atoms with Crippen LogP contribution in [0.4, 0.5) is 5.69 Å². The maximum Gasteiger partial charge on any atom is 0.341 e. The number of aliphatic imine (C=N–C) groups is 1. The van der Waals surface area contributed by atoms with Crippen LogP contribution in [0.5, 0.6) is 5.75 Å². The lowest BCUT2D eigenvalue weighted by atomic mass is 10.1. The molecule has 100 valence electrons. The minimum atomic E-state index is -0.667. The number of carbonyl (C=O) groups is 1. The van der Waals surface area contributed by atoms with Crippen molar-refractivity contribution in [2.75, 3.05) is 20.7 Å². The van der Waals surface area contributed by atoms with Gasteiger partial charge in [0.2, 0.25) is 0 Å². The van der Waals surface area contributed by atoms with Crippen molar-refractivity contribution in [3.05, 3.63) is 23.3 Å². The fraction of sp³-hybridized carbons (Fsp3) is 0.308. The minimum Gasteiger partial charge on any atom is -0.507 e. The van der Waals surface area contributed by atoms with Gasteiger partial charge in [-0.15, -0.1) is 0 Å². The maximum absolute atomic E-state index is 11.6. The Labute approximate surface area is 111 Å². The largest absolute Gasteiger partial charge is 0.507 e. The Morgan fingerprint density at radius 1 is 1.58 bits per heavy atom. The van der Waals surface area contributed by atoms with E-state index in [1.807, 2.05) is 6.07 Å². The normalized spacial score (nSPS) is 10.2.